The SMILES string of the molecule is C=C(C)C(=O)[C@H]1C[C@@]2(C)OC(=CC2=O)/C(CO)=C\[C@@H]2OC(=O)C(=C)[C@@H]21. The van der Waals surface area contributed by atoms with Crippen LogP contribution in [0.15, 0.2) is 47.8 Å². The van der Waals surface area contributed by atoms with Crippen LogP contribution in [0.1, 0.15) is 20.3 Å². The smallest absolute Gasteiger partial charge is 0.334 e. The summed E-state index contributed by atoms with van der Waals surface area (Å²) in [6, 6.07) is 0. The molecule has 1 N–H and O–H groups in total. The lowest BCUT2D eigenvalue weighted by Crippen LogP contribution is -2.41. The molecule has 0 saturated carbocycles. The van der Waals surface area contributed by atoms with Crippen LogP contribution in [0.5, 0.6) is 0 Å². The van der Waals surface area contributed by atoms with Gasteiger partial charge in [0.2, 0.25) is 5.78 Å². The first-order valence-corrected chi connectivity index (χ1v) is 8.04. The molecule has 3 aliphatic rings. The molecule has 1 fully saturated rings. The van der Waals surface area contributed by atoms with Crippen LogP contribution < -0.4 is 0 Å². The van der Waals surface area contributed by atoms with Crippen LogP contribution in [0.4, 0.5) is 0 Å². The minimum atomic E-state index is -1.25. The topological polar surface area (TPSA) is 89.9 Å². The first-order chi connectivity index (χ1) is 11.7. The molecule has 0 spiro atoms. The Kier molecular flexibility index (Phi) is 4.03. The van der Waals surface area contributed by atoms with E-state index in [1.807, 2.05) is 0 Å². The highest BCUT2D eigenvalue weighted by Gasteiger charge is 2.52. The number of hydrogen-bond acceptors (Lipinski definition) is 6. The zero-order chi connectivity index (χ0) is 18.5. The van der Waals surface area contributed by atoms with Crippen molar-refractivity contribution in [1.29, 1.82) is 0 Å². The number of aliphatic hydroxyl groups is 1. The predicted octanol–water partition coefficient (Wildman–Crippen LogP) is 1.41. The summed E-state index contributed by atoms with van der Waals surface area (Å²) >= 11 is 0. The fraction of sp³-hybridized carbons (Fsp3) is 0.421. The molecule has 0 aromatic carbocycles. The van der Waals surface area contributed by atoms with Crippen molar-refractivity contribution in [3.8, 4) is 0 Å². The van der Waals surface area contributed by atoms with Crippen molar-refractivity contribution < 1.29 is 29.0 Å². The number of ketones is 2. The molecule has 1 saturated heterocycles. The molecular formula is C19H20O6. The van der Waals surface area contributed by atoms with E-state index >= 15 is 0 Å². The zero-order valence-electron chi connectivity index (χ0n) is 14.2. The first-order valence-electron chi connectivity index (χ1n) is 8.04. The molecule has 0 radical (unpaired) electrons. The van der Waals surface area contributed by atoms with Gasteiger partial charge in [0.25, 0.3) is 0 Å². The van der Waals surface area contributed by atoms with E-state index in [1.54, 1.807) is 13.8 Å². The molecule has 3 aliphatic heterocycles. The summed E-state index contributed by atoms with van der Waals surface area (Å²) in [5, 5.41) is 9.66. The molecule has 2 bridgehead atoms. The average Bonchev–Trinajstić information content (AvgIpc) is 3.00. The monoisotopic (exact) mass is 344 g/mol. The van der Waals surface area contributed by atoms with E-state index in [-0.39, 0.29) is 35.9 Å². The number of aliphatic hydroxyl groups excluding tert-OH is 1. The summed E-state index contributed by atoms with van der Waals surface area (Å²) in [5.74, 6) is -2.26. The van der Waals surface area contributed by atoms with Crippen LogP contribution in [0.25, 0.3) is 0 Å². The minimum Gasteiger partial charge on any atom is -0.479 e. The Labute approximate surface area is 145 Å². The predicted molar refractivity (Wildman–Crippen MR) is 88.2 cm³/mol. The molecular weight excluding hydrogens is 324 g/mol. The van der Waals surface area contributed by atoms with Gasteiger partial charge in [-0.15, -0.1) is 0 Å². The molecule has 132 valence electrons. The van der Waals surface area contributed by atoms with E-state index in [1.165, 1.54) is 12.2 Å². The number of esters is 1. The van der Waals surface area contributed by atoms with Gasteiger partial charge < -0.3 is 14.6 Å². The van der Waals surface area contributed by atoms with Gasteiger partial charge in [0, 0.05) is 35.5 Å². The van der Waals surface area contributed by atoms with E-state index in [9.17, 15) is 19.5 Å². The van der Waals surface area contributed by atoms with E-state index < -0.39 is 29.5 Å². The highest BCUT2D eigenvalue weighted by atomic mass is 16.6. The van der Waals surface area contributed by atoms with Gasteiger partial charge >= 0.3 is 5.97 Å². The van der Waals surface area contributed by atoms with Crippen LogP contribution in [-0.4, -0.2) is 41.0 Å². The number of ether oxygens (including phenoxy) is 2. The molecule has 3 rings (SSSR count). The van der Waals surface area contributed by atoms with Crippen LogP contribution >= 0.6 is 0 Å². The molecule has 0 aromatic rings. The Bertz CT molecular complexity index is 771. The molecule has 0 aliphatic carbocycles. The van der Waals surface area contributed by atoms with Crippen LogP contribution in [0.2, 0.25) is 0 Å². The lowest BCUT2D eigenvalue weighted by Gasteiger charge is -2.31. The normalized spacial score (nSPS) is 36.1. The second kappa shape index (κ2) is 5.81. The molecule has 0 amide bonds. The van der Waals surface area contributed by atoms with Crippen molar-refractivity contribution in [2.24, 2.45) is 11.8 Å². The van der Waals surface area contributed by atoms with Gasteiger partial charge in [-0.2, -0.15) is 0 Å². The maximum absolute atomic E-state index is 12.8. The van der Waals surface area contributed by atoms with Crippen molar-refractivity contribution >= 4 is 17.5 Å². The standard InChI is InChI=1S/C19H20O6/c1-9(2)17(22)12-7-19(4)15(21)6-13(25-19)11(8-20)5-14-16(12)10(3)18(23)24-14/h5-6,12,14,16,20H,1,3,7-8H2,2,4H3/b11-5-/t12-,14-,16+,19+/m0/s1. The van der Waals surface area contributed by atoms with Crippen molar-refractivity contribution in [3.05, 3.63) is 47.8 Å². The number of allylic oxidation sites excluding steroid dienone is 1. The largest absolute Gasteiger partial charge is 0.479 e. The number of carbonyl (C=O) groups is 3. The zero-order valence-corrected chi connectivity index (χ0v) is 14.2. The molecule has 25 heavy (non-hydrogen) atoms. The van der Waals surface area contributed by atoms with E-state index in [0.717, 1.165) is 0 Å². The molecule has 4 atom stereocenters. The maximum Gasteiger partial charge on any atom is 0.334 e. The Morgan fingerprint density at radius 2 is 2.12 bits per heavy atom. The quantitative estimate of drug-likeness (QED) is 0.615. The highest BCUT2D eigenvalue weighted by Crippen LogP contribution is 2.44. The van der Waals surface area contributed by atoms with Gasteiger partial charge in [0.15, 0.2) is 11.4 Å². The number of fused-ring (bicyclic) bond motifs is 3. The number of hydrogen-bond donors (Lipinski definition) is 1. The van der Waals surface area contributed by atoms with Crippen LogP contribution in [0, 0.1) is 11.8 Å². The summed E-state index contributed by atoms with van der Waals surface area (Å²) in [4.78, 5) is 37.3. The summed E-state index contributed by atoms with van der Waals surface area (Å²) in [7, 11) is 0. The molecule has 3 heterocycles. The van der Waals surface area contributed by atoms with Crippen molar-refractivity contribution in [2.75, 3.05) is 6.61 Å². The van der Waals surface area contributed by atoms with E-state index in [2.05, 4.69) is 13.2 Å². The molecule has 6 nitrogen and oxygen atoms in total. The van der Waals surface area contributed by atoms with Crippen LogP contribution in [0.3, 0.4) is 0 Å². The second-order valence-corrected chi connectivity index (χ2v) is 6.93. The van der Waals surface area contributed by atoms with Gasteiger partial charge in [-0.1, -0.05) is 13.2 Å². The third-order valence-electron chi connectivity index (χ3n) is 5.03. The molecule has 6 heteroatoms. The van der Waals surface area contributed by atoms with Crippen molar-refractivity contribution in [2.45, 2.75) is 32.0 Å². The summed E-state index contributed by atoms with van der Waals surface area (Å²) in [5.41, 5.74) is -0.400. The van der Waals surface area contributed by atoms with Gasteiger partial charge in [0.05, 0.1) is 6.61 Å². The van der Waals surface area contributed by atoms with Gasteiger partial charge in [0.1, 0.15) is 11.9 Å². The van der Waals surface area contributed by atoms with Gasteiger partial charge in [-0.05, 0) is 25.5 Å². The summed E-state index contributed by atoms with van der Waals surface area (Å²) in [6.45, 7) is 10.3. The molecule has 0 aromatic heterocycles. The highest BCUT2D eigenvalue weighted by molar-refractivity contribution is 6.03. The Balaban J connectivity index is 2.17. The first kappa shape index (κ1) is 17.4. The Morgan fingerprint density at radius 3 is 2.72 bits per heavy atom. The Morgan fingerprint density at radius 1 is 1.44 bits per heavy atom. The number of carbonyl (C=O) groups excluding carboxylic acids is 3. The Hall–Kier alpha value is -2.47. The van der Waals surface area contributed by atoms with Crippen molar-refractivity contribution in [1.82, 2.24) is 0 Å². The van der Waals surface area contributed by atoms with Crippen molar-refractivity contribution in [3.63, 3.8) is 0 Å². The fourth-order valence-corrected chi connectivity index (χ4v) is 3.64. The third kappa shape index (κ3) is 2.66. The lowest BCUT2D eigenvalue weighted by atomic mass is 9.73. The van der Waals surface area contributed by atoms with Gasteiger partial charge in [-0.3, -0.25) is 9.59 Å². The molecule has 0 unspecified atom stereocenters. The third-order valence-corrected chi connectivity index (χ3v) is 5.03. The fourth-order valence-electron chi connectivity index (χ4n) is 3.64. The second-order valence-electron chi connectivity index (χ2n) is 6.93. The maximum atomic E-state index is 12.8. The van der Waals surface area contributed by atoms with Gasteiger partial charge in [-0.25, -0.2) is 4.79 Å². The van der Waals surface area contributed by atoms with Crippen LogP contribution in [-0.2, 0) is 23.9 Å². The summed E-state index contributed by atoms with van der Waals surface area (Å²) < 4.78 is 11.2. The summed E-state index contributed by atoms with van der Waals surface area (Å²) in [6.07, 6.45) is 2.17. The average molecular weight is 344 g/mol. The van der Waals surface area contributed by atoms with E-state index in [0.29, 0.717) is 11.1 Å². The van der Waals surface area contributed by atoms with E-state index in [4.69, 9.17) is 9.47 Å². The number of rotatable bonds is 3. The number of Topliss-reactive ketones (excluding diaryl/α,β-unsaturated/α-hetero) is 1. The minimum absolute atomic E-state index is 0.0703. The lowest BCUT2D eigenvalue weighted by molar-refractivity contribution is -0.138.